The number of hydrogen-bond acceptors (Lipinski definition) is 5. The monoisotopic (exact) mass is 294 g/mol. The minimum Gasteiger partial charge on any atom is -0.461 e. The second kappa shape index (κ2) is 6.17. The third-order valence-electron chi connectivity index (χ3n) is 3.01. The van der Waals surface area contributed by atoms with Crippen molar-refractivity contribution in [2.45, 2.75) is 6.92 Å². The lowest BCUT2D eigenvalue weighted by Crippen LogP contribution is -2.07. The Hall–Kier alpha value is -3.02. The Kier molecular flexibility index (Phi) is 3.91. The molecule has 0 N–H and O–H groups in total. The first-order chi connectivity index (χ1) is 10.8. The molecule has 2 aromatic heterocycles. The van der Waals surface area contributed by atoms with E-state index in [4.69, 9.17) is 4.74 Å². The Balaban J connectivity index is 2.11. The maximum atomic E-state index is 12.1. The summed E-state index contributed by atoms with van der Waals surface area (Å²) in [6, 6.07) is 13.0. The lowest BCUT2D eigenvalue weighted by atomic mass is 10.1. The van der Waals surface area contributed by atoms with Gasteiger partial charge in [0.25, 0.3) is 0 Å². The summed E-state index contributed by atoms with van der Waals surface area (Å²) in [4.78, 5) is 17.6. The molecular formula is C16H14N4O2. The van der Waals surface area contributed by atoms with Gasteiger partial charge in [-0.2, -0.15) is 0 Å². The van der Waals surface area contributed by atoms with Crippen LogP contribution < -0.4 is 0 Å². The number of carbonyl (C=O) groups is 1. The number of carbonyl (C=O) groups excluding carboxylic acids is 1. The SMILES string of the molecule is CCOC(=O)c1nn(-c2cccnc2)nc1-c1ccccc1. The zero-order valence-electron chi connectivity index (χ0n) is 12.0. The van der Waals surface area contributed by atoms with Crippen LogP contribution in [-0.4, -0.2) is 32.6 Å². The summed E-state index contributed by atoms with van der Waals surface area (Å²) < 4.78 is 5.07. The molecule has 3 aromatic rings. The van der Waals surface area contributed by atoms with Crippen LogP contribution in [0, 0.1) is 0 Å². The summed E-state index contributed by atoms with van der Waals surface area (Å²) in [5, 5.41) is 8.69. The van der Waals surface area contributed by atoms with Crippen molar-refractivity contribution >= 4 is 5.97 Å². The van der Waals surface area contributed by atoms with E-state index in [1.807, 2.05) is 36.4 Å². The highest BCUT2D eigenvalue weighted by Crippen LogP contribution is 2.21. The van der Waals surface area contributed by atoms with Crippen LogP contribution >= 0.6 is 0 Å². The molecule has 0 saturated carbocycles. The smallest absolute Gasteiger partial charge is 0.361 e. The van der Waals surface area contributed by atoms with Gasteiger partial charge in [-0.05, 0) is 19.1 Å². The summed E-state index contributed by atoms with van der Waals surface area (Å²) in [6.45, 7) is 2.04. The van der Waals surface area contributed by atoms with Crippen molar-refractivity contribution in [1.29, 1.82) is 0 Å². The van der Waals surface area contributed by atoms with E-state index in [-0.39, 0.29) is 12.3 Å². The van der Waals surface area contributed by atoms with E-state index >= 15 is 0 Å². The number of hydrogen-bond donors (Lipinski definition) is 0. The molecule has 0 aliphatic heterocycles. The maximum absolute atomic E-state index is 12.1. The Morgan fingerprint density at radius 1 is 1.14 bits per heavy atom. The zero-order valence-corrected chi connectivity index (χ0v) is 12.0. The Morgan fingerprint density at radius 2 is 1.95 bits per heavy atom. The van der Waals surface area contributed by atoms with Gasteiger partial charge in [0.05, 0.1) is 12.8 Å². The van der Waals surface area contributed by atoms with Gasteiger partial charge in [-0.3, -0.25) is 4.98 Å². The van der Waals surface area contributed by atoms with Crippen molar-refractivity contribution in [3.8, 4) is 16.9 Å². The summed E-state index contributed by atoms with van der Waals surface area (Å²) in [5.74, 6) is -0.489. The number of ether oxygens (including phenoxy) is 1. The van der Waals surface area contributed by atoms with E-state index < -0.39 is 5.97 Å². The molecule has 0 aliphatic carbocycles. The van der Waals surface area contributed by atoms with Crippen molar-refractivity contribution in [3.63, 3.8) is 0 Å². The fourth-order valence-electron chi connectivity index (χ4n) is 2.02. The molecule has 2 heterocycles. The zero-order chi connectivity index (χ0) is 15.4. The van der Waals surface area contributed by atoms with Crippen LogP contribution in [-0.2, 0) is 4.74 Å². The van der Waals surface area contributed by atoms with Crippen molar-refractivity contribution in [2.75, 3.05) is 6.61 Å². The van der Waals surface area contributed by atoms with Crippen molar-refractivity contribution < 1.29 is 9.53 Å². The molecule has 6 heteroatoms. The van der Waals surface area contributed by atoms with Crippen LogP contribution in [0.15, 0.2) is 54.9 Å². The van der Waals surface area contributed by atoms with Gasteiger partial charge in [-0.25, -0.2) is 4.79 Å². The first-order valence-electron chi connectivity index (χ1n) is 6.90. The fraction of sp³-hybridized carbons (Fsp3) is 0.125. The van der Waals surface area contributed by atoms with Gasteiger partial charge >= 0.3 is 5.97 Å². The average Bonchev–Trinajstić information content (AvgIpc) is 3.02. The molecule has 3 rings (SSSR count). The Morgan fingerprint density at radius 3 is 2.64 bits per heavy atom. The number of aromatic nitrogens is 4. The van der Waals surface area contributed by atoms with Gasteiger partial charge in [0.1, 0.15) is 11.4 Å². The topological polar surface area (TPSA) is 69.9 Å². The summed E-state index contributed by atoms with van der Waals surface area (Å²) in [6.07, 6.45) is 3.29. The number of esters is 1. The maximum Gasteiger partial charge on any atom is 0.361 e. The summed E-state index contributed by atoms with van der Waals surface area (Å²) >= 11 is 0. The van der Waals surface area contributed by atoms with Gasteiger partial charge < -0.3 is 4.74 Å². The van der Waals surface area contributed by atoms with Gasteiger partial charge in [0.15, 0.2) is 5.69 Å². The molecule has 6 nitrogen and oxygen atoms in total. The molecule has 0 fully saturated rings. The quantitative estimate of drug-likeness (QED) is 0.691. The first-order valence-corrected chi connectivity index (χ1v) is 6.90. The molecule has 0 amide bonds. The average molecular weight is 294 g/mol. The van der Waals surface area contributed by atoms with Gasteiger partial charge in [0, 0.05) is 11.8 Å². The third kappa shape index (κ3) is 2.71. The highest BCUT2D eigenvalue weighted by Gasteiger charge is 2.21. The molecule has 0 radical (unpaired) electrons. The van der Waals surface area contributed by atoms with Crippen molar-refractivity contribution in [1.82, 2.24) is 20.0 Å². The molecule has 0 saturated heterocycles. The van der Waals surface area contributed by atoms with Gasteiger partial charge in [0.2, 0.25) is 0 Å². The lowest BCUT2D eigenvalue weighted by molar-refractivity contribution is 0.0520. The molecular weight excluding hydrogens is 280 g/mol. The molecule has 1 aromatic carbocycles. The number of nitrogens with zero attached hydrogens (tertiary/aromatic N) is 4. The number of pyridine rings is 1. The van der Waals surface area contributed by atoms with Crippen LogP contribution in [0.3, 0.4) is 0 Å². The highest BCUT2D eigenvalue weighted by atomic mass is 16.5. The first kappa shape index (κ1) is 13.9. The summed E-state index contributed by atoms with van der Waals surface area (Å²) in [5.41, 5.74) is 2.16. The largest absolute Gasteiger partial charge is 0.461 e. The van der Waals surface area contributed by atoms with Crippen LogP contribution in [0.1, 0.15) is 17.4 Å². The van der Waals surface area contributed by atoms with Gasteiger partial charge in [-0.15, -0.1) is 15.0 Å². The lowest BCUT2D eigenvalue weighted by Gasteiger charge is -2.00. The van der Waals surface area contributed by atoms with Crippen LogP contribution in [0.2, 0.25) is 0 Å². The standard InChI is InChI=1S/C16H14N4O2/c1-2-22-16(21)15-14(12-7-4-3-5-8-12)18-20(19-15)13-9-6-10-17-11-13/h3-11H,2H2,1H3. The van der Waals surface area contributed by atoms with E-state index in [1.54, 1.807) is 25.4 Å². The Labute approximate surface area is 127 Å². The minimum absolute atomic E-state index is 0.192. The van der Waals surface area contributed by atoms with Gasteiger partial charge in [-0.1, -0.05) is 30.3 Å². The van der Waals surface area contributed by atoms with Crippen LogP contribution in [0.25, 0.3) is 16.9 Å². The van der Waals surface area contributed by atoms with E-state index in [9.17, 15) is 4.79 Å². The third-order valence-corrected chi connectivity index (χ3v) is 3.01. The van der Waals surface area contributed by atoms with Crippen molar-refractivity contribution in [2.24, 2.45) is 0 Å². The summed E-state index contributed by atoms with van der Waals surface area (Å²) in [7, 11) is 0. The van der Waals surface area contributed by atoms with Crippen LogP contribution in [0.4, 0.5) is 0 Å². The Bertz CT molecular complexity index is 769. The number of rotatable bonds is 4. The fourth-order valence-corrected chi connectivity index (χ4v) is 2.02. The van der Waals surface area contributed by atoms with Crippen molar-refractivity contribution in [3.05, 3.63) is 60.6 Å². The molecule has 0 atom stereocenters. The molecule has 0 spiro atoms. The molecule has 0 unspecified atom stereocenters. The van der Waals surface area contributed by atoms with E-state index in [0.717, 1.165) is 5.56 Å². The second-order valence-corrected chi connectivity index (χ2v) is 4.48. The number of benzene rings is 1. The molecule has 110 valence electrons. The molecule has 0 bridgehead atoms. The second-order valence-electron chi connectivity index (χ2n) is 4.48. The predicted molar refractivity (Wildman–Crippen MR) is 80.5 cm³/mol. The predicted octanol–water partition coefficient (Wildman–Crippen LogP) is 2.51. The minimum atomic E-state index is -0.489. The van der Waals surface area contributed by atoms with E-state index in [0.29, 0.717) is 11.4 Å². The van der Waals surface area contributed by atoms with E-state index in [2.05, 4.69) is 15.2 Å². The van der Waals surface area contributed by atoms with Crippen LogP contribution in [0.5, 0.6) is 0 Å². The molecule has 0 aliphatic rings. The molecule has 22 heavy (non-hydrogen) atoms. The van der Waals surface area contributed by atoms with E-state index in [1.165, 1.54) is 4.80 Å². The highest BCUT2D eigenvalue weighted by molar-refractivity contribution is 5.94. The normalized spacial score (nSPS) is 10.4.